The Kier molecular flexibility index (Phi) is 2.62. The average molecular weight is 312 g/mol. The van der Waals surface area contributed by atoms with Crippen molar-refractivity contribution in [2.75, 3.05) is 4.90 Å². The zero-order valence-corrected chi connectivity index (χ0v) is 12.3. The van der Waals surface area contributed by atoms with Gasteiger partial charge < -0.3 is 0 Å². The lowest BCUT2D eigenvalue weighted by Crippen LogP contribution is -2.30. The molecule has 0 saturated heterocycles. The summed E-state index contributed by atoms with van der Waals surface area (Å²) in [4.78, 5) is 30.6. The molecular weight excluding hydrogens is 302 g/mol. The van der Waals surface area contributed by atoms with Crippen molar-refractivity contribution >= 4 is 34.7 Å². The topological polar surface area (TPSA) is 54.7 Å². The first-order chi connectivity index (χ1) is 10.6. The van der Waals surface area contributed by atoms with Crippen molar-refractivity contribution in [3.05, 3.63) is 64.6 Å². The van der Waals surface area contributed by atoms with Crippen LogP contribution in [-0.4, -0.2) is 21.2 Å². The number of rotatable bonds is 1. The van der Waals surface area contributed by atoms with Gasteiger partial charge in [-0.1, -0.05) is 23.7 Å². The van der Waals surface area contributed by atoms with E-state index in [0.29, 0.717) is 16.4 Å². The van der Waals surface area contributed by atoms with Crippen molar-refractivity contribution < 1.29 is 9.59 Å². The lowest BCUT2D eigenvalue weighted by molar-refractivity contribution is 0.0922. The molecule has 1 aliphatic rings. The third-order valence-corrected chi connectivity index (χ3v) is 4.16. The standard InChI is InChI=1S/C16H10ClN3O2/c1-9-5-6-10(8-11(9)17)20-15(21)13-14(16(20)22)19-7-3-2-4-12(19)18-13/h2-8H,1H3. The number of pyridine rings is 1. The van der Waals surface area contributed by atoms with Gasteiger partial charge in [0.05, 0.1) is 5.69 Å². The highest BCUT2D eigenvalue weighted by atomic mass is 35.5. The predicted molar refractivity (Wildman–Crippen MR) is 82.5 cm³/mol. The summed E-state index contributed by atoms with van der Waals surface area (Å²) < 4.78 is 1.63. The molecule has 0 bridgehead atoms. The number of carbonyl (C=O) groups is 2. The molecular formula is C16H10ClN3O2. The Morgan fingerprint density at radius 3 is 2.68 bits per heavy atom. The largest absolute Gasteiger partial charge is 0.295 e. The zero-order valence-electron chi connectivity index (χ0n) is 11.6. The van der Waals surface area contributed by atoms with Crippen LogP contribution in [0.5, 0.6) is 0 Å². The summed E-state index contributed by atoms with van der Waals surface area (Å²) in [6.07, 6.45) is 1.72. The van der Waals surface area contributed by atoms with Gasteiger partial charge in [0, 0.05) is 11.2 Å². The Balaban J connectivity index is 1.89. The van der Waals surface area contributed by atoms with Gasteiger partial charge >= 0.3 is 0 Å². The molecule has 0 N–H and O–H groups in total. The number of benzene rings is 1. The smallest absolute Gasteiger partial charge is 0.286 e. The fraction of sp³-hybridized carbons (Fsp3) is 0.0625. The Morgan fingerprint density at radius 2 is 1.91 bits per heavy atom. The van der Waals surface area contributed by atoms with E-state index in [1.165, 1.54) is 0 Å². The lowest BCUT2D eigenvalue weighted by atomic mass is 10.2. The van der Waals surface area contributed by atoms with Gasteiger partial charge in [-0.05, 0) is 36.8 Å². The van der Waals surface area contributed by atoms with Crippen LogP contribution in [-0.2, 0) is 0 Å². The molecule has 2 amide bonds. The van der Waals surface area contributed by atoms with E-state index in [0.717, 1.165) is 10.5 Å². The Morgan fingerprint density at radius 1 is 1.09 bits per heavy atom. The van der Waals surface area contributed by atoms with Crippen molar-refractivity contribution in [2.45, 2.75) is 6.92 Å². The van der Waals surface area contributed by atoms with Gasteiger partial charge in [0.25, 0.3) is 11.8 Å². The Labute approximate surface area is 130 Å². The molecule has 22 heavy (non-hydrogen) atoms. The van der Waals surface area contributed by atoms with Crippen LogP contribution in [0.4, 0.5) is 5.69 Å². The highest BCUT2D eigenvalue weighted by molar-refractivity contribution is 6.35. The molecule has 0 fully saturated rings. The minimum Gasteiger partial charge on any atom is -0.295 e. The summed E-state index contributed by atoms with van der Waals surface area (Å²) in [5.41, 5.74) is 2.38. The number of hydrogen-bond donors (Lipinski definition) is 0. The molecule has 0 atom stereocenters. The van der Waals surface area contributed by atoms with Crippen molar-refractivity contribution in [1.82, 2.24) is 9.38 Å². The fourth-order valence-corrected chi connectivity index (χ4v) is 2.78. The van der Waals surface area contributed by atoms with Gasteiger partial charge in [0.2, 0.25) is 0 Å². The van der Waals surface area contributed by atoms with E-state index in [9.17, 15) is 9.59 Å². The average Bonchev–Trinajstić information content (AvgIpc) is 3.00. The summed E-state index contributed by atoms with van der Waals surface area (Å²) in [5, 5.41) is 0.509. The molecule has 0 aliphatic carbocycles. The van der Waals surface area contributed by atoms with E-state index in [-0.39, 0.29) is 11.4 Å². The van der Waals surface area contributed by atoms with E-state index >= 15 is 0 Å². The van der Waals surface area contributed by atoms with Crippen molar-refractivity contribution in [1.29, 1.82) is 0 Å². The number of amides is 2. The summed E-state index contributed by atoms with van der Waals surface area (Å²) in [6.45, 7) is 1.86. The van der Waals surface area contributed by atoms with Gasteiger partial charge in [-0.2, -0.15) is 0 Å². The van der Waals surface area contributed by atoms with E-state index in [1.54, 1.807) is 40.9 Å². The van der Waals surface area contributed by atoms with Crippen LogP contribution < -0.4 is 4.90 Å². The number of anilines is 1. The molecule has 4 rings (SSSR count). The molecule has 0 radical (unpaired) electrons. The third-order valence-electron chi connectivity index (χ3n) is 3.75. The molecule has 3 heterocycles. The number of imide groups is 1. The fourth-order valence-electron chi connectivity index (χ4n) is 2.61. The number of carbonyl (C=O) groups excluding carboxylic acids is 2. The molecule has 0 unspecified atom stereocenters. The normalized spacial score (nSPS) is 14.0. The van der Waals surface area contributed by atoms with Gasteiger partial charge in [-0.25, -0.2) is 9.88 Å². The first-order valence-electron chi connectivity index (χ1n) is 6.70. The number of halogens is 1. The number of fused-ring (bicyclic) bond motifs is 3. The third kappa shape index (κ3) is 1.63. The SMILES string of the molecule is Cc1ccc(N2C(=O)c3nc4ccccn4c3C2=O)cc1Cl. The predicted octanol–water partition coefficient (Wildman–Crippen LogP) is 3.10. The van der Waals surface area contributed by atoms with Crippen LogP contribution in [0.1, 0.15) is 26.5 Å². The summed E-state index contributed by atoms with van der Waals surface area (Å²) in [7, 11) is 0. The van der Waals surface area contributed by atoms with E-state index in [4.69, 9.17) is 11.6 Å². The highest BCUT2D eigenvalue weighted by Crippen LogP contribution is 2.31. The molecule has 0 saturated carbocycles. The van der Waals surface area contributed by atoms with Crippen molar-refractivity contribution in [3.8, 4) is 0 Å². The van der Waals surface area contributed by atoms with Gasteiger partial charge in [0.1, 0.15) is 11.3 Å². The van der Waals surface area contributed by atoms with E-state index < -0.39 is 11.8 Å². The molecule has 1 aromatic carbocycles. The summed E-state index contributed by atoms with van der Waals surface area (Å²) in [6, 6.07) is 10.5. The minimum absolute atomic E-state index is 0.174. The van der Waals surface area contributed by atoms with Gasteiger partial charge in [-0.15, -0.1) is 0 Å². The van der Waals surface area contributed by atoms with Crippen LogP contribution in [0.15, 0.2) is 42.6 Å². The number of hydrogen-bond acceptors (Lipinski definition) is 3. The van der Waals surface area contributed by atoms with Crippen molar-refractivity contribution in [3.63, 3.8) is 0 Å². The second kappa shape index (κ2) is 4.42. The summed E-state index contributed by atoms with van der Waals surface area (Å²) in [5.74, 6) is -0.817. The first-order valence-corrected chi connectivity index (χ1v) is 7.08. The van der Waals surface area contributed by atoms with Crippen LogP contribution in [0.25, 0.3) is 5.65 Å². The second-order valence-electron chi connectivity index (χ2n) is 5.12. The number of nitrogens with zero attached hydrogens (tertiary/aromatic N) is 3. The number of aromatic nitrogens is 2. The maximum absolute atomic E-state index is 12.7. The minimum atomic E-state index is -0.427. The maximum Gasteiger partial charge on any atom is 0.286 e. The van der Waals surface area contributed by atoms with Gasteiger partial charge in [0.15, 0.2) is 5.69 Å². The highest BCUT2D eigenvalue weighted by Gasteiger charge is 2.41. The van der Waals surface area contributed by atoms with Crippen molar-refractivity contribution in [2.24, 2.45) is 0 Å². The van der Waals surface area contributed by atoms with E-state index in [1.807, 2.05) is 13.0 Å². The van der Waals surface area contributed by atoms with Crippen LogP contribution in [0, 0.1) is 6.92 Å². The van der Waals surface area contributed by atoms with Crippen LogP contribution in [0.3, 0.4) is 0 Å². The molecule has 1 aliphatic heterocycles. The molecule has 2 aromatic heterocycles. The quantitative estimate of drug-likeness (QED) is 0.649. The molecule has 108 valence electrons. The monoisotopic (exact) mass is 311 g/mol. The lowest BCUT2D eigenvalue weighted by Gasteiger charge is -2.15. The number of aryl methyl sites for hydroxylation is 1. The number of imidazole rings is 1. The zero-order chi connectivity index (χ0) is 15.4. The second-order valence-corrected chi connectivity index (χ2v) is 5.52. The Hall–Kier alpha value is -2.66. The molecule has 6 heteroatoms. The maximum atomic E-state index is 12.7. The van der Waals surface area contributed by atoms with Crippen LogP contribution in [0.2, 0.25) is 5.02 Å². The molecule has 5 nitrogen and oxygen atoms in total. The Bertz CT molecular complexity index is 961. The first kappa shape index (κ1) is 13.0. The van der Waals surface area contributed by atoms with Gasteiger partial charge in [-0.3, -0.25) is 14.0 Å². The molecule has 3 aromatic rings. The molecule has 0 spiro atoms. The van der Waals surface area contributed by atoms with E-state index in [2.05, 4.69) is 4.98 Å². The summed E-state index contributed by atoms with van der Waals surface area (Å²) >= 11 is 6.10. The van der Waals surface area contributed by atoms with Crippen LogP contribution >= 0.6 is 11.6 Å².